The summed E-state index contributed by atoms with van der Waals surface area (Å²) in [6.45, 7) is 6.70. The van der Waals surface area contributed by atoms with Crippen LogP contribution in [0.1, 0.15) is 419 Å². The topological polar surface area (TPSA) is 78.9 Å². The number of hydrogen-bond donors (Lipinski definition) is 0. The van der Waals surface area contributed by atoms with Crippen molar-refractivity contribution in [2.45, 2.75) is 425 Å². The number of allylic oxidation sites excluding steroid dienone is 4. The highest BCUT2D eigenvalue weighted by Crippen LogP contribution is 2.19. The smallest absolute Gasteiger partial charge is 0.306 e. The summed E-state index contributed by atoms with van der Waals surface area (Å²) in [5.74, 6) is -0.846. The molecule has 6 nitrogen and oxygen atoms in total. The zero-order chi connectivity index (χ0) is 58.5. The van der Waals surface area contributed by atoms with Gasteiger partial charge >= 0.3 is 17.9 Å². The molecule has 0 heterocycles. The van der Waals surface area contributed by atoms with Crippen LogP contribution < -0.4 is 0 Å². The molecule has 1 atom stereocenters. The molecule has 0 aliphatic carbocycles. The first-order valence-corrected chi connectivity index (χ1v) is 36.8. The van der Waals surface area contributed by atoms with Gasteiger partial charge in [-0.3, -0.25) is 14.4 Å². The maximum atomic E-state index is 12.9. The summed E-state index contributed by atoms with van der Waals surface area (Å²) in [5.41, 5.74) is 0. The van der Waals surface area contributed by atoms with Crippen LogP contribution in [-0.4, -0.2) is 37.2 Å². The lowest BCUT2D eigenvalue weighted by Crippen LogP contribution is -2.30. The molecule has 0 aliphatic rings. The molecule has 0 amide bonds. The summed E-state index contributed by atoms with van der Waals surface area (Å²) in [6.07, 6.45) is 86.7. The summed E-state index contributed by atoms with van der Waals surface area (Å²) in [4.78, 5) is 38.3. The zero-order valence-corrected chi connectivity index (χ0v) is 55.1. The summed E-state index contributed by atoms with van der Waals surface area (Å²) in [5, 5.41) is 0. The van der Waals surface area contributed by atoms with E-state index in [9.17, 15) is 14.4 Å². The molecule has 81 heavy (non-hydrogen) atoms. The van der Waals surface area contributed by atoms with Crippen molar-refractivity contribution in [1.29, 1.82) is 0 Å². The lowest BCUT2D eigenvalue weighted by molar-refractivity contribution is -0.167. The van der Waals surface area contributed by atoms with Crippen LogP contribution in [0.2, 0.25) is 0 Å². The van der Waals surface area contributed by atoms with Gasteiger partial charge < -0.3 is 14.2 Å². The highest BCUT2D eigenvalue weighted by molar-refractivity contribution is 5.71. The Kier molecular flexibility index (Phi) is 68.5. The molecule has 0 rings (SSSR count). The molecule has 6 heteroatoms. The van der Waals surface area contributed by atoms with Crippen molar-refractivity contribution >= 4 is 17.9 Å². The van der Waals surface area contributed by atoms with Crippen LogP contribution in [0.4, 0.5) is 0 Å². The van der Waals surface area contributed by atoms with Crippen molar-refractivity contribution < 1.29 is 28.6 Å². The second kappa shape index (κ2) is 70.4. The van der Waals surface area contributed by atoms with Crippen molar-refractivity contribution in [3.63, 3.8) is 0 Å². The van der Waals surface area contributed by atoms with E-state index in [1.165, 1.54) is 315 Å². The summed E-state index contributed by atoms with van der Waals surface area (Å²) in [7, 11) is 0. The Bertz CT molecular complexity index is 1310. The molecule has 0 spiro atoms. The van der Waals surface area contributed by atoms with Gasteiger partial charge in [-0.15, -0.1) is 0 Å². The molecule has 0 aliphatic heterocycles. The van der Waals surface area contributed by atoms with Crippen molar-refractivity contribution in [3.8, 4) is 0 Å². The van der Waals surface area contributed by atoms with E-state index in [4.69, 9.17) is 14.2 Å². The van der Waals surface area contributed by atoms with Gasteiger partial charge in [0.05, 0.1) is 0 Å². The van der Waals surface area contributed by atoms with E-state index >= 15 is 0 Å². The van der Waals surface area contributed by atoms with E-state index in [1.54, 1.807) is 0 Å². The molecule has 0 aromatic carbocycles. The van der Waals surface area contributed by atoms with Gasteiger partial charge in [-0.05, 0) is 70.6 Å². The van der Waals surface area contributed by atoms with Crippen molar-refractivity contribution in [2.75, 3.05) is 13.2 Å². The number of rotatable bonds is 69. The molecule has 0 aromatic rings. The molecular weight excluding hydrogens is 997 g/mol. The lowest BCUT2D eigenvalue weighted by Gasteiger charge is -2.18. The van der Waals surface area contributed by atoms with Gasteiger partial charge in [0, 0.05) is 19.3 Å². The molecule has 0 aromatic heterocycles. The van der Waals surface area contributed by atoms with Gasteiger partial charge in [0.15, 0.2) is 6.10 Å². The van der Waals surface area contributed by atoms with E-state index in [1.807, 2.05) is 0 Å². The maximum Gasteiger partial charge on any atom is 0.306 e. The Labute approximate surface area is 506 Å². The molecule has 1 unspecified atom stereocenters. The first-order chi connectivity index (χ1) is 40.0. The minimum Gasteiger partial charge on any atom is -0.462 e. The monoisotopic (exact) mass is 1140 g/mol. The minimum atomic E-state index is -0.771. The maximum absolute atomic E-state index is 12.9. The van der Waals surface area contributed by atoms with Gasteiger partial charge in [0.1, 0.15) is 13.2 Å². The van der Waals surface area contributed by atoms with Crippen LogP contribution in [0.25, 0.3) is 0 Å². The molecule has 0 fully saturated rings. The lowest BCUT2D eigenvalue weighted by atomic mass is 10.0. The van der Waals surface area contributed by atoms with Gasteiger partial charge in [-0.2, -0.15) is 0 Å². The number of hydrogen-bond acceptors (Lipinski definition) is 6. The fraction of sp³-hybridized carbons (Fsp3) is 0.907. The Morgan fingerprint density at radius 2 is 0.407 bits per heavy atom. The average Bonchev–Trinajstić information content (AvgIpc) is 3.47. The minimum absolute atomic E-state index is 0.0680. The van der Waals surface area contributed by atoms with Gasteiger partial charge in [-0.25, -0.2) is 0 Å². The quantitative estimate of drug-likeness (QED) is 0.0261. The summed E-state index contributed by atoms with van der Waals surface area (Å²) in [6, 6.07) is 0. The second-order valence-electron chi connectivity index (χ2n) is 25.2. The molecule has 0 saturated carbocycles. The number of carbonyl (C=O) groups excluding carboxylic acids is 3. The van der Waals surface area contributed by atoms with E-state index in [-0.39, 0.29) is 31.1 Å². The Hall–Kier alpha value is -2.11. The van der Waals surface area contributed by atoms with Gasteiger partial charge in [-0.1, -0.05) is 353 Å². The Morgan fingerprint density at radius 3 is 0.617 bits per heavy atom. The normalized spacial score (nSPS) is 12.1. The SMILES string of the molecule is CCCCCCCCC/C=C\CCCCCCCC(=O)OC(COC(=O)CCCCCCCCCCCCCC)COC(=O)CCCCCCCCCCCCCCCCCCCCCCCCC/C=C\CCCCCCCCCC. The van der Waals surface area contributed by atoms with Crippen LogP contribution in [0.5, 0.6) is 0 Å². The van der Waals surface area contributed by atoms with Crippen molar-refractivity contribution in [1.82, 2.24) is 0 Å². The third-order valence-electron chi connectivity index (χ3n) is 16.9. The van der Waals surface area contributed by atoms with E-state index in [2.05, 4.69) is 45.1 Å². The summed E-state index contributed by atoms with van der Waals surface area (Å²) >= 11 is 0. The number of unbranched alkanes of at least 4 members (excludes halogenated alkanes) is 54. The molecule has 478 valence electrons. The largest absolute Gasteiger partial charge is 0.462 e. The second-order valence-corrected chi connectivity index (χ2v) is 25.2. The third-order valence-corrected chi connectivity index (χ3v) is 16.9. The van der Waals surface area contributed by atoms with Crippen LogP contribution in [-0.2, 0) is 28.6 Å². The van der Waals surface area contributed by atoms with Gasteiger partial charge in [0.25, 0.3) is 0 Å². The van der Waals surface area contributed by atoms with Crippen LogP contribution in [0, 0.1) is 0 Å². The number of esters is 3. The third kappa shape index (κ3) is 68.6. The number of carbonyl (C=O) groups is 3. The predicted molar refractivity (Wildman–Crippen MR) is 353 cm³/mol. The van der Waals surface area contributed by atoms with Crippen LogP contribution in [0.15, 0.2) is 24.3 Å². The van der Waals surface area contributed by atoms with Crippen molar-refractivity contribution in [3.05, 3.63) is 24.3 Å². The van der Waals surface area contributed by atoms with Crippen molar-refractivity contribution in [2.24, 2.45) is 0 Å². The first-order valence-electron chi connectivity index (χ1n) is 36.8. The highest BCUT2D eigenvalue weighted by atomic mass is 16.6. The van der Waals surface area contributed by atoms with E-state index in [0.29, 0.717) is 19.3 Å². The van der Waals surface area contributed by atoms with E-state index < -0.39 is 6.10 Å². The average molecular weight is 1140 g/mol. The van der Waals surface area contributed by atoms with Crippen LogP contribution in [0.3, 0.4) is 0 Å². The molecule has 0 radical (unpaired) electrons. The number of ether oxygens (including phenoxy) is 3. The fourth-order valence-corrected chi connectivity index (χ4v) is 11.4. The highest BCUT2D eigenvalue weighted by Gasteiger charge is 2.19. The van der Waals surface area contributed by atoms with Crippen LogP contribution >= 0.6 is 0 Å². The predicted octanol–water partition coefficient (Wildman–Crippen LogP) is 25.3. The Morgan fingerprint density at radius 1 is 0.235 bits per heavy atom. The zero-order valence-electron chi connectivity index (χ0n) is 55.1. The fourth-order valence-electron chi connectivity index (χ4n) is 11.4. The standard InChI is InChI=1S/C75H142O6/c1-4-7-10-13-16-19-22-25-27-29-30-31-32-33-34-35-36-37-38-39-40-41-42-43-44-45-46-47-49-50-53-56-59-62-65-68-74(77)80-71-72(70-79-73(76)67-64-61-58-55-52-24-21-18-15-12-9-6-3)81-75(78)69-66-63-60-57-54-51-48-28-26-23-20-17-14-11-8-5-2/h28-30,48,72H,4-27,31-47,49-71H2,1-3H3/b30-29-,48-28-. The van der Waals surface area contributed by atoms with Gasteiger partial charge in [0.2, 0.25) is 0 Å². The van der Waals surface area contributed by atoms with E-state index in [0.717, 1.165) is 64.2 Å². The molecule has 0 saturated heterocycles. The molecule has 0 N–H and O–H groups in total. The Balaban J connectivity index is 4.03. The first kappa shape index (κ1) is 78.9. The molecular formula is C75H142O6. The molecule has 0 bridgehead atoms. The summed E-state index contributed by atoms with van der Waals surface area (Å²) < 4.78 is 17.0.